The maximum Gasteiger partial charge on any atom is 0.257 e. The van der Waals surface area contributed by atoms with Crippen molar-refractivity contribution >= 4 is 17.2 Å². The lowest BCUT2D eigenvalue weighted by Gasteiger charge is -2.31. The highest BCUT2D eigenvalue weighted by Crippen LogP contribution is 2.37. The van der Waals surface area contributed by atoms with Crippen molar-refractivity contribution in [2.45, 2.75) is 44.4 Å². The summed E-state index contributed by atoms with van der Waals surface area (Å²) >= 11 is 1.74. The van der Waals surface area contributed by atoms with Gasteiger partial charge in [-0.2, -0.15) is 0 Å². The quantitative estimate of drug-likeness (QED) is 0.868. The predicted molar refractivity (Wildman–Crippen MR) is 88.7 cm³/mol. The van der Waals surface area contributed by atoms with Crippen LogP contribution in [-0.4, -0.2) is 38.8 Å². The first-order valence-electron chi connectivity index (χ1n) is 8.24. The average molecular weight is 328 g/mol. The molecule has 1 saturated carbocycles. The van der Waals surface area contributed by atoms with Crippen LogP contribution in [0.2, 0.25) is 0 Å². The Balaban J connectivity index is 1.46. The number of likely N-dealkylation sites (tertiary alicyclic amines) is 1. The van der Waals surface area contributed by atoms with Crippen LogP contribution in [-0.2, 0) is 0 Å². The first-order valence-corrected chi connectivity index (χ1v) is 9.06. The summed E-state index contributed by atoms with van der Waals surface area (Å²) < 4.78 is 0. The van der Waals surface area contributed by atoms with Gasteiger partial charge >= 0.3 is 0 Å². The molecule has 1 aliphatic carbocycles. The van der Waals surface area contributed by atoms with Crippen LogP contribution in [0.25, 0.3) is 0 Å². The minimum atomic E-state index is 0.0466. The zero-order valence-corrected chi connectivity index (χ0v) is 14.1. The lowest BCUT2D eigenvalue weighted by Crippen LogP contribution is -2.39. The second kappa shape index (κ2) is 6.00. The van der Waals surface area contributed by atoms with Gasteiger partial charge in [-0.3, -0.25) is 4.79 Å². The number of piperidine rings is 1. The highest BCUT2D eigenvalue weighted by atomic mass is 32.1. The van der Waals surface area contributed by atoms with E-state index < -0.39 is 0 Å². The predicted octanol–water partition coefficient (Wildman–Crippen LogP) is 3.14. The normalized spacial score (nSPS) is 21.4. The Morgan fingerprint density at radius 2 is 1.91 bits per heavy atom. The molecule has 2 aromatic heterocycles. The molecule has 0 N–H and O–H groups in total. The summed E-state index contributed by atoms with van der Waals surface area (Å²) in [7, 11) is 0. The molecule has 4 rings (SSSR count). The Bertz CT molecular complexity index is 708. The number of hydrogen-bond donors (Lipinski definition) is 0. The summed E-state index contributed by atoms with van der Waals surface area (Å²) in [6, 6.07) is 0. The number of amides is 1. The van der Waals surface area contributed by atoms with E-state index >= 15 is 0 Å². The first-order chi connectivity index (χ1) is 11.2. The Labute approximate surface area is 139 Å². The average Bonchev–Trinajstić information content (AvgIpc) is 3.36. The molecular formula is C17H20N4OS. The zero-order chi connectivity index (χ0) is 15.8. The van der Waals surface area contributed by atoms with E-state index in [-0.39, 0.29) is 5.91 Å². The summed E-state index contributed by atoms with van der Waals surface area (Å²) in [4.78, 5) is 29.1. The van der Waals surface area contributed by atoms with Gasteiger partial charge in [-0.25, -0.2) is 15.0 Å². The molecule has 3 heterocycles. The first kappa shape index (κ1) is 14.8. The molecule has 1 amide bonds. The Kier molecular flexibility index (Phi) is 3.85. The maximum absolute atomic E-state index is 12.7. The van der Waals surface area contributed by atoms with E-state index in [9.17, 15) is 4.79 Å². The fourth-order valence-electron chi connectivity index (χ4n) is 3.11. The van der Waals surface area contributed by atoms with Gasteiger partial charge in [0.05, 0.1) is 10.6 Å². The summed E-state index contributed by atoms with van der Waals surface area (Å²) in [6.07, 6.45) is 9.79. The number of carbonyl (C=O) groups is 1. The number of rotatable bonds is 3. The van der Waals surface area contributed by atoms with Gasteiger partial charge in [-0.1, -0.05) is 0 Å². The van der Waals surface area contributed by atoms with Gasteiger partial charge in [-0.15, -0.1) is 11.3 Å². The van der Waals surface area contributed by atoms with Gasteiger partial charge in [0.25, 0.3) is 5.91 Å². The van der Waals surface area contributed by atoms with Crippen LogP contribution in [0.1, 0.15) is 63.6 Å². The van der Waals surface area contributed by atoms with E-state index in [1.54, 1.807) is 23.7 Å². The SMILES string of the molecule is Cc1cnc([C@@H]2CCCN(C(=O)c3cnc(C4CC4)nc3)C2)s1. The Morgan fingerprint density at radius 1 is 1.13 bits per heavy atom. The number of hydrogen-bond acceptors (Lipinski definition) is 5. The number of carbonyl (C=O) groups excluding carboxylic acids is 1. The van der Waals surface area contributed by atoms with Gasteiger partial charge in [-0.05, 0) is 32.6 Å². The molecule has 1 saturated heterocycles. The van der Waals surface area contributed by atoms with E-state index in [0.29, 0.717) is 17.4 Å². The van der Waals surface area contributed by atoms with Crippen LogP contribution in [0.15, 0.2) is 18.6 Å². The zero-order valence-electron chi connectivity index (χ0n) is 13.2. The van der Waals surface area contributed by atoms with Crippen LogP contribution in [0, 0.1) is 6.92 Å². The molecule has 0 aromatic carbocycles. The molecule has 2 fully saturated rings. The molecule has 0 spiro atoms. The van der Waals surface area contributed by atoms with E-state index in [0.717, 1.165) is 36.8 Å². The molecule has 2 aliphatic rings. The molecule has 1 aliphatic heterocycles. The summed E-state index contributed by atoms with van der Waals surface area (Å²) in [6.45, 7) is 3.63. The third kappa shape index (κ3) is 3.13. The third-order valence-corrected chi connectivity index (χ3v) is 5.63. The molecule has 0 unspecified atom stereocenters. The van der Waals surface area contributed by atoms with Crippen molar-refractivity contribution in [2.75, 3.05) is 13.1 Å². The molecular weight excluding hydrogens is 308 g/mol. The van der Waals surface area contributed by atoms with Gasteiger partial charge in [0.1, 0.15) is 5.82 Å². The van der Waals surface area contributed by atoms with E-state index in [1.807, 2.05) is 11.1 Å². The standard InChI is InChI=1S/C17H20N4OS/c1-11-7-20-16(23-11)13-3-2-6-21(10-13)17(22)14-8-18-15(19-9-14)12-4-5-12/h7-9,12-13H,2-6,10H2,1H3/t13-/m1/s1. The van der Waals surface area contributed by atoms with Crippen LogP contribution < -0.4 is 0 Å². The van der Waals surface area contributed by atoms with Crippen LogP contribution in [0.3, 0.4) is 0 Å². The monoisotopic (exact) mass is 328 g/mol. The van der Waals surface area contributed by atoms with Crippen molar-refractivity contribution < 1.29 is 4.79 Å². The maximum atomic E-state index is 12.7. The summed E-state index contributed by atoms with van der Waals surface area (Å²) in [5, 5.41) is 1.15. The number of thiazole rings is 1. The van der Waals surface area contributed by atoms with E-state index in [4.69, 9.17) is 0 Å². The minimum absolute atomic E-state index is 0.0466. The molecule has 0 radical (unpaired) electrons. The number of aryl methyl sites for hydroxylation is 1. The van der Waals surface area contributed by atoms with Gasteiger partial charge < -0.3 is 4.90 Å². The van der Waals surface area contributed by atoms with E-state index in [1.165, 1.54) is 17.7 Å². The number of aromatic nitrogens is 3. The molecule has 6 heteroatoms. The highest BCUT2D eigenvalue weighted by Gasteiger charge is 2.29. The van der Waals surface area contributed by atoms with E-state index in [2.05, 4.69) is 21.9 Å². The van der Waals surface area contributed by atoms with Gasteiger partial charge in [0, 0.05) is 48.4 Å². The van der Waals surface area contributed by atoms with Crippen molar-refractivity contribution in [1.29, 1.82) is 0 Å². The lowest BCUT2D eigenvalue weighted by molar-refractivity contribution is 0.0706. The molecule has 120 valence electrons. The van der Waals surface area contributed by atoms with Crippen molar-refractivity contribution in [3.63, 3.8) is 0 Å². The second-order valence-corrected chi connectivity index (χ2v) is 7.77. The topological polar surface area (TPSA) is 59.0 Å². The van der Waals surface area contributed by atoms with Gasteiger partial charge in [0.15, 0.2) is 0 Å². The molecule has 23 heavy (non-hydrogen) atoms. The molecule has 1 atom stereocenters. The third-order valence-electron chi connectivity index (χ3n) is 4.56. The minimum Gasteiger partial charge on any atom is -0.338 e. The Hall–Kier alpha value is -1.82. The van der Waals surface area contributed by atoms with Crippen molar-refractivity contribution in [1.82, 2.24) is 19.9 Å². The molecule has 0 bridgehead atoms. The van der Waals surface area contributed by atoms with Gasteiger partial charge in [0.2, 0.25) is 0 Å². The molecule has 5 nitrogen and oxygen atoms in total. The summed E-state index contributed by atoms with van der Waals surface area (Å²) in [5.41, 5.74) is 0.602. The lowest BCUT2D eigenvalue weighted by atomic mass is 9.98. The Morgan fingerprint density at radius 3 is 2.57 bits per heavy atom. The smallest absolute Gasteiger partial charge is 0.257 e. The van der Waals surface area contributed by atoms with Crippen molar-refractivity contribution in [2.24, 2.45) is 0 Å². The highest BCUT2D eigenvalue weighted by molar-refractivity contribution is 7.11. The van der Waals surface area contributed by atoms with Crippen LogP contribution >= 0.6 is 11.3 Å². The van der Waals surface area contributed by atoms with Crippen LogP contribution in [0.5, 0.6) is 0 Å². The molecule has 2 aromatic rings. The van der Waals surface area contributed by atoms with Crippen molar-refractivity contribution in [3.05, 3.63) is 39.9 Å². The fourth-order valence-corrected chi connectivity index (χ4v) is 4.01. The fraction of sp³-hybridized carbons (Fsp3) is 0.529. The van der Waals surface area contributed by atoms with Crippen molar-refractivity contribution in [3.8, 4) is 0 Å². The number of nitrogens with zero attached hydrogens (tertiary/aromatic N) is 4. The van der Waals surface area contributed by atoms with Crippen LogP contribution in [0.4, 0.5) is 0 Å². The summed E-state index contributed by atoms with van der Waals surface area (Å²) in [5.74, 6) is 1.81. The largest absolute Gasteiger partial charge is 0.338 e. The second-order valence-electron chi connectivity index (χ2n) is 6.50.